The van der Waals surface area contributed by atoms with Gasteiger partial charge in [-0.1, -0.05) is 30.3 Å². The van der Waals surface area contributed by atoms with Gasteiger partial charge in [-0.3, -0.25) is 4.79 Å². The van der Waals surface area contributed by atoms with Crippen molar-refractivity contribution in [1.82, 2.24) is 9.88 Å². The number of carbonyl (C=O) groups excluding carboxylic acids is 1. The van der Waals surface area contributed by atoms with Gasteiger partial charge in [0.1, 0.15) is 5.75 Å². The van der Waals surface area contributed by atoms with Gasteiger partial charge in [0.15, 0.2) is 0 Å². The van der Waals surface area contributed by atoms with Gasteiger partial charge in [-0.2, -0.15) is 0 Å². The maximum Gasteiger partial charge on any atom is 0.255 e. The molecule has 0 saturated carbocycles. The lowest BCUT2D eigenvalue weighted by Crippen LogP contribution is -2.28. The first kappa shape index (κ1) is 17.0. The Labute approximate surface area is 146 Å². The van der Waals surface area contributed by atoms with Crippen molar-refractivity contribution in [2.45, 2.75) is 13.0 Å². The molecular weight excluding hydrogens is 316 g/mol. The molecule has 0 aliphatic rings. The summed E-state index contributed by atoms with van der Waals surface area (Å²) in [5.41, 5.74) is 2.32. The lowest BCUT2D eigenvalue weighted by atomic mass is 10.1. The Balaban J connectivity index is 1.74. The number of rotatable bonds is 6. The van der Waals surface area contributed by atoms with Crippen LogP contribution >= 0.6 is 0 Å². The second-order valence-corrected chi connectivity index (χ2v) is 5.87. The van der Waals surface area contributed by atoms with Gasteiger partial charge in [-0.15, -0.1) is 0 Å². The lowest BCUT2D eigenvalue weighted by molar-refractivity contribution is 0.0913. The van der Waals surface area contributed by atoms with E-state index in [0.29, 0.717) is 17.9 Å². The maximum atomic E-state index is 12.4. The molecule has 1 aromatic heterocycles. The third kappa shape index (κ3) is 3.51. The Hall–Kier alpha value is -2.79. The minimum atomic E-state index is -0.783. The number of fused-ring (bicyclic) bond motifs is 1. The van der Waals surface area contributed by atoms with Crippen LogP contribution in [0.1, 0.15) is 28.9 Å². The summed E-state index contributed by atoms with van der Waals surface area (Å²) < 4.78 is 7.46. The average Bonchev–Trinajstić information content (AvgIpc) is 2.97. The molecule has 25 heavy (non-hydrogen) atoms. The van der Waals surface area contributed by atoms with Gasteiger partial charge >= 0.3 is 0 Å². The molecule has 2 aromatic carbocycles. The molecule has 1 atom stereocenters. The number of aliphatic hydroxyl groups excluding tert-OH is 1. The van der Waals surface area contributed by atoms with Crippen LogP contribution in [0.15, 0.2) is 54.7 Å². The van der Waals surface area contributed by atoms with Crippen LogP contribution < -0.4 is 10.1 Å². The molecule has 3 aromatic rings. The van der Waals surface area contributed by atoms with E-state index in [1.165, 1.54) is 0 Å². The molecule has 1 heterocycles. The van der Waals surface area contributed by atoms with E-state index in [9.17, 15) is 9.90 Å². The molecule has 0 aliphatic heterocycles. The van der Waals surface area contributed by atoms with Crippen molar-refractivity contribution in [3.05, 3.63) is 65.9 Å². The molecule has 3 rings (SSSR count). The van der Waals surface area contributed by atoms with Crippen LogP contribution in [0.3, 0.4) is 0 Å². The van der Waals surface area contributed by atoms with E-state index in [4.69, 9.17) is 4.74 Å². The molecular formula is C20H22N2O3. The van der Waals surface area contributed by atoms with Crippen molar-refractivity contribution >= 4 is 16.8 Å². The summed E-state index contributed by atoms with van der Waals surface area (Å²) in [5, 5.41) is 14.3. The first-order valence-electron chi connectivity index (χ1n) is 8.34. The van der Waals surface area contributed by atoms with E-state index in [1.54, 1.807) is 18.2 Å². The lowest BCUT2D eigenvalue weighted by Gasteiger charge is -2.13. The van der Waals surface area contributed by atoms with Crippen molar-refractivity contribution in [1.29, 1.82) is 0 Å². The molecule has 0 unspecified atom stereocenters. The summed E-state index contributed by atoms with van der Waals surface area (Å²) in [7, 11) is 1.94. The fourth-order valence-corrected chi connectivity index (χ4v) is 2.97. The molecule has 0 fully saturated rings. The number of para-hydroxylation sites is 2. The van der Waals surface area contributed by atoms with Crippen LogP contribution in [0.4, 0.5) is 0 Å². The Morgan fingerprint density at radius 2 is 1.92 bits per heavy atom. The summed E-state index contributed by atoms with van der Waals surface area (Å²) in [5.74, 6) is 0.283. The molecule has 5 heteroatoms. The number of aliphatic hydroxyl groups is 1. The number of aromatic nitrogens is 1. The standard InChI is InChI=1S/C20H22N2O3/c1-3-25-19-11-7-5-9-15(19)20(24)21-12-18(23)16-13-22(2)17-10-6-4-8-14(16)17/h4-11,13,18,23H,3,12H2,1-2H3,(H,21,24)/t18-/m0/s1. The van der Waals surface area contributed by atoms with Gasteiger partial charge in [0.2, 0.25) is 0 Å². The minimum absolute atomic E-state index is 0.132. The van der Waals surface area contributed by atoms with Gasteiger partial charge < -0.3 is 19.7 Å². The van der Waals surface area contributed by atoms with E-state index >= 15 is 0 Å². The van der Waals surface area contributed by atoms with Gasteiger partial charge in [0.25, 0.3) is 5.91 Å². The molecule has 0 bridgehead atoms. The predicted octanol–water partition coefficient (Wildman–Crippen LogP) is 3.04. The fraction of sp³-hybridized carbons (Fsp3) is 0.250. The van der Waals surface area contributed by atoms with Gasteiger partial charge in [0.05, 0.1) is 18.3 Å². The van der Waals surface area contributed by atoms with Crippen molar-refractivity contribution in [2.75, 3.05) is 13.2 Å². The highest BCUT2D eigenvalue weighted by molar-refractivity contribution is 5.97. The van der Waals surface area contributed by atoms with Crippen LogP contribution in [0.5, 0.6) is 5.75 Å². The highest BCUT2D eigenvalue weighted by atomic mass is 16.5. The van der Waals surface area contributed by atoms with Gasteiger partial charge in [-0.05, 0) is 25.1 Å². The summed E-state index contributed by atoms with van der Waals surface area (Å²) >= 11 is 0. The molecule has 2 N–H and O–H groups in total. The molecule has 0 saturated heterocycles. The highest BCUT2D eigenvalue weighted by Gasteiger charge is 2.17. The normalized spacial score (nSPS) is 12.1. The molecule has 0 radical (unpaired) electrons. The summed E-state index contributed by atoms with van der Waals surface area (Å²) in [6, 6.07) is 15.0. The van der Waals surface area contributed by atoms with E-state index in [2.05, 4.69) is 5.32 Å². The van der Waals surface area contributed by atoms with E-state index in [-0.39, 0.29) is 12.5 Å². The number of ether oxygens (including phenoxy) is 1. The van der Waals surface area contributed by atoms with Crippen LogP contribution in [0.25, 0.3) is 10.9 Å². The quantitative estimate of drug-likeness (QED) is 0.726. The Bertz CT molecular complexity index is 886. The zero-order valence-corrected chi connectivity index (χ0v) is 14.4. The van der Waals surface area contributed by atoms with Crippen molar-refractivity contribution < 1.29 is 14.6 Å². The van der Waals surface area contributed by atoms with E-state index in [1.807, 2.05) is 55.1 Å². The third-order valence-electron chi connectivity index (χ3n) is 4.17. The summed E-state index contributed by atoms with van der Waals surface area (Å²) in [4.78, 5) is 12.4. The number of carbonyl (C=O) groups is 1. The fourth-order valence-electron chi connectivity index (χ4n) is 2.97. The average molecular weight is 338 g/mol. The Kier molecular flexibility index (Phi) is 5.05. The van der Waals surface area contributed by atoms with E-state index < -0.39 is 6.10 Å². The first-order chi connectivity index (χ1) is 12.1. The van der Waals surface area contributed by atoms with Crippen LogP contribution in [-0.2, 0) is 7.05 Å². The smallest absolute Gasteiger partial charge is 0.255 e. The number of hydrogen-bond donors (Lipinski definition) is 2. The topological polar surface area (TPSA) is 63.5 Å². The second-order valence-electron chi connectivity index (χ2n) is 5.87. The molecule has 0 aliphatic carbocycles. The van der Waals surface area contributed by atoms with E-state index in [0.717, 1.165) is 16.5 Å². The maximum absolute atomic E-state index is 12.4. The number of hydrogen-bond acceptors (Lipinski definition) is 3. The third-order valence-corrected chi connectivity index (χ3v) is 4.17. The minimum Gasteiger partial charge on any atom is -0.493 e. The van der Waals surface area contributed by atoms with Crippen molar-refractivity contribution in [3.63, 3.8) is 0 Å². The molecule has 130 valence electrons. The zero-order chi connectivity index (χ0) is 17.8. The summed E-state index contributed by atoms with van der Waals surface area (Å²) in [6.07, 6.45) is 1.12. The highest BCUT2D eigenvalue weighted by Crippen LogP contribution is 2.25. The Morgan fingerprint density at radius 1 is 1.20 bits per heavy atom. The molecule has 0 spiro atoms. The number of benzene rings is 2. The number of aryl methyl sites for hydroxylation is 1. The van der Waals surface area contributed by atoms with Crippen LogP contribution in [-0.4, -0.2) is 28.7 Å². The van der Waals surface area contributed by atoms with Gasteiger partial charge in [-0.25, -0.2) is 0 Å². The van der Waals surface area contributed by atoms with Gasteiger partial charge in [0, 0.05) is 36.3 Å². The van der Waals surface area contributed by atoms with Crippen molar-refractivity contribution in [3.8, 4) is 5.75 Å². The number of nitrogens with one attached hydrogen (secondary N) is 1. The Morgan fingerprint density at radius 3 is 2.72 bits per heavy atom. The zero-order valence-electron chi connectivity index (χ0n) is 14.4. The number of nitrogens with zero attached hydrogens (tertiary/aromatic N) is 1. The second kappa shape index (κ2) is 7.40. The summed E-state index contributed by atoms with van der Waals surface area (Å²) in [6.45, 7) is 2.50. The van der Waals surface area contributed by atoms with Crippen molar-refractivity contribution in [2.24, 2.45) is 7.05 Å². The first-order valence-corrected chi connectivity index (χ1v) is 8.34. The number of amides is 1. The monoisotopic (exact) mass is 338 g/mol. The largest absolute Gasteiger partial charge is 0.493 e. The molecule has 1 amide bonds. The molecule has 5 nitrogen and oxygen atoms in total. The van der Waals surface area contributed by atoms with Crippen LogP contribution in [0.2, 0.25) is 0 Å². The van der Waals surface area contributed by atoms with Crippen LogP contribution in [0, 0.1) is 0 Å². The SMILES string of the molecule is CCOc1ccccc1C(=O)NC[C@H](O)c1cn(C)c2ccccc12. The predicted molar refractivity (Wildman–Crippen MR) is 97.8 cm³/mol.